The molecule has 0 amide bonds. The number of phenolic OH excluding ortho intramolecular Hbond substituents is 3. The number of aliphatic hydroxyl groups is 3. The molecule has 1 heterocycles. The largest absolute Gasteiger partial charge is 0.508 e. The van der Waals surface area contributed by atoms with Crippen molar-refractivity contribution in [3.63, 3.8) is 0 Å². The molecule has 6 N–H and O–H groups in total. The second kappa shape index (κ2) is 13.9. The lowest BCUT2D eigenvalue weighted by Crippen LogP contribution is -2.62. The van der Waals surface area contributed by atoms with E-state index >= 15 is 0 Å². The van der Waals surface area contributed by atoms with Crippen LogP contribution in [-0.2, 0) is 41.4 Å². The fraction of sp³-hybridized carbons (Fsp3) is 0.407. The van der Waals surface area contributed by atoms with Crippen LogP contribution in [0.25, 0.3) is 0 Å². The first-order valence-corrected chi connectivity index (χ1v) is 12.1. The molecule has 1 aliphatic rings. The molecule has 0 saturated carbocycles. The van der Waals surface area contributed by atoms with E-state index in [4.69, 9.17) is 24.1 Å². The van der Waals surface area contributed by atoms with Gasteiger partial charge in [-0.05, 0) is 47.9 Å². The average Bonchev–Trinajstić information content (AvgIpc) is 2.89. The number of esters is 2. The molecule has 5 atom stereocenters. The molecule has 1 aliphatic heterocycles. The van der Waals surface area contributed by atoms with Gasteiger partial charge < -0.3 is 49.6 Å². The van der Waals surface area contributed by atoms with Gasteiger partial charge in [0.2, 0.25) is 0 Å². The van der Waals surface area contributed by atoms with Crippen molar-refractivity contribution in [3.8, 4) is 17.2 Å². The van der Waals surface area contributed by atoms with E-state index in [0.717, 1.165) is 0 Å². The molecule has 1 fully saturated rings. The van der Waals surface area contributed by atoms with E-state index in [0.29, 0.717) is 16.7 Å². The van der Waals surface area contributed by atoms with Crippen LogP contribution in [0.3, 0.4) is 0 Å². The van der Waals surface area contributed by atoms with Crippen LogP contribution < -0.4 is 0 Å². The van der Waals surface area contributed by atoms with Crippen molar-refractivity contribution in [2.24, 2.45) is 0 Å². The second-order valence-corrected chi connectivity index (χ2v) is 9.01. The van der Waals surface area contributed by atoms with Crippen LogP contribution in [0, 0.1) is 0 Å². The van der Waals surface area contributed by atoms with Gasteiger partial charge in [0.15, 0.2) is 30.0 Å². The van der Waals surface area contributed by atoms with Gasteiger partial charge >= 0.3 is 11.9 Å². The van der Waals surface area contributed by atoms with Gasteiger partial charge in [-0.2, -0.15) is 0 Å². The maximum atomic E-state index is 12.8. The molecule has 0 radical (unpaired) electrons. The van der Waals surface area contributed by atoms with E-state index < -0.39 is 55.0 Å². The molecule has 212 valence electrons. The van der Waals surface area contributed by atoms with Crippen molar-refractivity contribution in [2.45, 2.75) is 50.5 Å². The summed E-state index contributed by atoms with van der Waals surface area (Å²) < 4.78 is 22.5. The Morgan fingerprint density at radius 1 is 0.897 bits per heavy atom. The van der Waals surface area contributed by atoms with Crippen LogP contribution in [0.1, 0.15) is 18.1 Å². The number of benzene rings is 2. The Morgan fingerprint density at radius 2 is 1.51 bits per heavy atom. The predicted molar refractivity (Wildman–Crippen MR) is 134 cm³/mol. The van der Waals surface area contributed by atoms with Gasteiger partial charge in [-0.1, -0.05) is 24.3 Å². The molecule has 12 nitrogen and oxygen atoms in total. The van der Waals surface area contributed by atoms with Gasteiger partial charge in [-0.25, -0.2) is 0 Å². The molecular formula is C27H32O12. The Balaban J connectivity index is 1.83. The third-order valence-corrected chi connectivity index (χ3v) is 5.92. The molecule has 0 aromatic heterocycles. The smallest absolute Gasteiger partial charge is 0.310 e. The summed E-state index contributed by atoms with van der Waals surface area (Å²) in [5.74, 6) is -2.43. The number of aliphatic hydroxyl groups excluding tert-OH is 3. The zero-order chi connectivity index (χ0) is 28.5. The number of rotatable bonds is 11. The molecule has 2 aromatic carbocycles. The first kappa shape index (κ1) is 29.9. The summed E-state index contributed by atoms with van der Waals surface area (Å²) in [6.07, 6.45) is -6.28. The van der Waals surface area contributed by atoms with Crippen LogP contribution in [-0.4, -0.2) is 93.1 Å². The highest BCUT2D eigenvalue weighted by molar-refractivity contribution is 5.74. The first-order valence-electron chi connectivity index (χ1n) is 12.1. The van der Waals surface area contributed by atoms with E-state index in [1.807, 2.05) is 0 Å². The SMILES string of the molecule is CC(=CCO)COC1OC(CO)C(O)C(OC(=O)Cc2ccc(O)c(O)c2)C1OC(=O)Cc1ccc(O)cc1. The number of carbonyl (C=O) groups excluding carboxylic acids is 2. The van der Waals surface area contributed by atoms with E-state index in [1.54, 1.807) is 6.92 Å². The standard InChI is InChI=1S/C27H32O12/c1-15(8-9-28)14-36-27-26(39-22(33)11-16-2-5-18(30)6-3-16)25(24(35)21(13-29)37-27)38-23(34)12-17-4-7-19(31)20(32)10-17/h2-8,10,21,24-32,35H,9,11-14H2,1H3. The van der Waals surface area contributed by atoms with Gasteiger partial charge in [-0.15, -0.1) is 0 Å². The second-order valence-electron chi connectivity index (χ2n) is 9.01. The quantitative estimate of drug-likeness (QED) is 0.129. The molecule has 12 heteroatoms. The van der Waals surface area contributed by atoms with Gasteiger partial charge in [0.25, 0.3) is 0 Å². The van der Waals surface area contributed by atoms with Crippen LogP contribution in [0.2, 0.25) is 0 Å². The maximum Gasteiger partial charge on any atom is 0.310 e. The molecule has 5 unspecified atom stereocenters. The van der Waals surface area contributed by atoms with Crippen molar-refractivity contribution in [2.75, 3.05) is 19.8 Å². The van der Waals surface area contributed by atoms with E-state index in [9.17, 15) is 35.1 Å². The predicted octanol–water partition coefficient (Wildman–Crippen LogP) is 0.445. The van der Waals surface area contributed by atoms with Gasteiger partial charge in [0.05, 0.1) is 32.7 Å². The molecule has 1 saturated heterocycles. The van der Waals surface area contributed by atoms with Crippen molar-refractivity contribution in [1.29, 1.82) is 0 Å². The van der Waals surface area contributed by atoms with Crippen molar-refractivity contribution < 1.29 is 59.2 Å². The van der Waals surface area contributed by atoms with Gasteiger partial charge in [0, 0.05) is 0 Å². The molecular weight excluding hydrogens is 516 g/mol. The van der Waals surface area contributed by atoms with E-state index in [-0.39, 0.29) is 37.6 Å². The zero-order valence-corrected chi connectivity index (χ0v) is 21.2. The lowest BCUT2D eigenvalue weighted by Gasteiger charge is -2.42. The zero-order valence-electron chi connectivity index (χ0n) is 21.2. The van der Waals surface area contributed by atoms with Gasteiger partial charge in [-0.3, -0.25) is 9.59 Å². The van der Waals surface area contributed by atoms with Crippen molar-refractivity contribution in [3.05, 3.63) is 65.2 Å². The summed E-state index contributed by atoms with van der Waals surface area (Å²) >= 11 is 0. The number of hydrogen-bond donors (Lipinski definition) is 6. The van der Waals surface area contributed by atoms with Crippen molar-refractivity contribution >= 4 is 11.9 Å². The highest BCUT2D eigenvalue weighted by Gasteiger charge is 2.50. The third kappa shape index (κ3) is 8.40. The normalized spacial score (nSPS) is 23.3. The monoisotopic (exact) mass is 548 g/mol. The maximum absolute atomic E-state index is 12.8. The lowest BCUT2D eigenvalue weighted by molar-refractivity contribution is -0.304. The molecule has 2 aromatic rings. The Morgan fingerprint density at radius 3 is 2.13 bits per heavy atom. The average molecular weight is 549 g/mol. The molecule has 0 spiro atoms. The summed E-state index contributed by atoms with van der Waals surface area (Å²) in [4.78, 5) is 25.6. The van der Waals surface area contributed by atoms with E-state index in [1.165, 1.54) is 48.5 Å². The summed E-state index contributed by atoms with van der Waals surface area (Å²) in [5.41, 5.74) is 1.43. The number of phenols is 3. The highest BCUT2D eigenvalue weighted by Crippen LogP contribution is 2.29. The van der Waals surface area contributed by atoms with Crippen LogP contribution in [0.4, 0.5) is 0 Å². The topological polar surface area (TPSA) is 192 Å². The molecule has 3 rings (SSSR count). The Kier molecular flexibility index (Phi) is 10.7. The Labute approximate surface area is 224 Å². The van der Waals surface area contributed by atoms with Crippen LogP contribution in [0.15, 0.2) is 54.1 Å². The van der Waals surface area contributed by atoms with Crippen LogP contribution >= 0.6 is 0 Å². The number of hydrogen-bond acceptors (Lipinski definition) is 12. The van der Waals surface area contributed by atoms with E-state index in [2.05, 4.69) is 0 Å². The molecule has 0 aliphatic carbocycles. The minimum Gasteiger partial charge on any atom is -0.508 e. The van der Waals surface area contributed by atoms with Gasteiger partial charge in [0.1, 0.15) is 18.0 Å². The summed E-state index contributed by atoms with van der Waals surface area (Å²) in [6, 6.07) is 9.60. The summed E-state index contributed by atoms with van der Waals surface area (Å²) in [5, 5.41) is 58.4. The Hall–Kier alpha value is -3.68. The van der Waals surface area contributed by atoms with Crippen LogP contribution in [0.5, 0.6) is 17.2 Å². The fourth-order valence-electron chi connectivity index (χ4n) is 3.88. The minimum absolute atomic E-state index is 0.0136. The fourth-order valence-corrected chi connectivity index (χ4v) is 3.88. The number of ether oxygens (including phenoxy) is 4. The third-order valence-electron chi connectivity index (χ3n) is 5.92. The van der Waals surface area contributed by atoms with Crippen molar-refractivity contribution in [1.82, 2.24) is 0 Å². The number of aromatic hydroxyl groups is 3. The lowest BCUT2D eigenvalue weighted by atomic mass is 9.98. The Bertz CT molecular complexity index is 1150. The summed E-state index contributed by atoms with van der Waals surface area (Å²) in [6.45, 7) is 0.699. The molecule has 0 bridgehead atoms. The summed E-state index contributed by atoms with van der Waals surface area (Å²) in [7, 11) is 0. The first-order chi connectivity index (χ1) is 18.6. The highest BCUT2D eigenvalue weighted by atomic mass is 16.7. The molecule has 39 heavy (non-hydrogen) atoms. The number of carbonyl (C=O) groups is 2. The minimum atomic E-state index is -1.60.